The zero-order valence-electron chi connectivity index (χ0n) is 4.15. The van der Waals surface area contributed by atoms with E-state index < -0.39 is 0 Å². The Bertz CT molecular complexity index is 88.1. The van der Waals surface area contributed by atoms with E-state index in [1.54, 1.807) is 3.58 Å². The van der Waals surface area contributed by atoms with E-state index in [9.17, 15) is 0 Å². The summed E-state index contributed by atoms with van der Waals surface area (Å²) in [6.45, 7) is 0.853. The second kappa shape index (κ2) is 2.67. The van der Waals surface area contributed by atoms with E-state index in [0.717, 1.165) is 6.54 Å². The van der Waals surface area contributed by atoms with Gasteiger partial charge in [-0.3, -0.25) is 0 Å². The van der Waals surface area contributed by atoms with Crippen molar-refractivity contribution < 1.29 is 21.2 Å². The van der Waals surface area contributed by atoms with Crippen LogP contribution in [-0.4, -0.2) is 11.0 Å². The summed E-state index contributed by atoms with van der Waals surface area (Å²) >= 11 is 0.500. The standard InChI is InChI=1S/C5H9IN/c7-4-2-5-1-3-6-5/h1H,2-4,7H2/q-1. The molecule has 0 fully saturated rings. The van der Waals surface area contributed by atoms with Gasteiger partial charge in [-0.1, -0.05) is 0 Å². The molecular formula is C5H9IN-. The molecule has 1 aliphatic heterocycles. The normalized spacial score (nSPS) is 19.3. The first-order chi connectivity index (χ1) is 3.43. The Morgan fingerprint density at radius 3 is 2.71 bits per heavy atom. The average molecular weight is 210 g/mol. The molecule has 0 saturated carbocycles. The van der Waals surface area contributed by atoms with Gasteiger partial charge < -0.3 is 0 Å². The monoisotopic (exact) mass is 210 g/mol. The van der Waals surface area contributed by atoms with Crippen molar-refractivity contribution in [3.8, 4) is 0 Å². The van der Waals surface area contributed by atoms with Crippen LogP contribution in [0.2, 0.25) is 0 Å². The Kier molecular flexibility index (Phi) is 2.12. The summed E-state index contributed by atoms with van der Waals surface area (Å²) in [7, 11) is 0. The van der Waals surface area contributed by atoms with Gasteiger partial charge >= 0.3 is 54.0 Å². The summed E-state index contributed by atoms with van der Waals surface area (Å²) < 4.78 is 3.06. The van der Waals surface area contributed by atoms with Crippen molar-refractivity contribution in [3.05, 3.63) is 9.66 Å². The Hall–Kier alpha value is 0.430. The van der Waals surface area contributed by atoms with Gasteiger partial charge in [-0.05, 0) is 0 Å². The molecule has 0 atom stereocenters. The summed E-state index contributed by atoms with van der Waals surface area (Å²) in [5.74, 6) is 0. The van der Waals surface area contributed by atoms with Crippen LogP contribution in [0.25, 0.3) is 0 Å². The summed E-state index contributed by atoms with van der Waals surface area (Å²) in [5.41, 5.74) is 5.32. The molecule has 0 aromatic carbocycles. The van der Waals surface area contributed by atoms with E-state index in [4.69, 9.17) is 5.73 Å². The third kappa shape index (κ3) is 1.42. The molecule has 0 radical (unpaired) electrons. The van der Waals surface area contributed by atoms with Gasteiger partial charge in [0.1, 0.15) is 0 Å². The van der Waals surface area contributed by atoms with Crippen LogP contribution in [0.4, 0.5) is 0 Å². The third-order valence-electron chi connectivity index (χ3n) is 0.931. The molecule has 0 bridgehead atoms. The Labute approximate surface area is 54.2 Å². The van der Waals surface area contributed by atoms with Crippen LogP contribution in [0.5, 0.6) is 0 Å². The maximum absolute atomic E-state index is 5.32. The number of halogens is 1. The van der Waals surface area contributed by atoms with Crippen LogP contribution >= 0.6 is 0 Å². The predicted octanol–water partition coefficient (Wildman–Crippen LogP) is -2.68. The molecule has 0 aromatic heterocycles. The van der Waals surface area contributed by atoms with Crippen LogP contribution in [0.3, 0.4) is 0 Å². The van der Waals surface area contributed by atoms with Gasteiger partial charge in [-0.2, -0.15) is 0 Å². The van der Waals surface area contributed by atoms with Crippen molar-refractivity contribution in [1.29, 1.82) is 0 Å². The zero-order valence-corrected chi connectivity index (χ0v) is 6.31. The predicted molar refractivity (Wildman–Crippen MR) is 26.6 cm³/mol. The van der Waals surface area contributed by atoms with Crippen LogP contribution < -0.4 is 26.9 Å². The van der Waals surface area contributed by atoms with Crippen molar-refractivity contribution in [3.63, 3.8) is 0 Å². The quantitative estimate of drug-likeness (QED) is 0.390. The second-order valence-corrected chi connectivity index (χ2v) is 4.51. The molecule has 0 unspecified atom stereocenters. The fourth-order valence-corrected chi connectivity index (χ4v) is 2.25. The van der Waals surface area contributed by atoms with Gasteiger partial charge in [-0.15, -0.1) is 0 Å². The summed E-state index contributed by atoms with van der Waals surface area (Å²) in [6.07, 6.45) is 3.49. The van der Waals surface area contributed by atoms with Gasteiger partial charge in [0.15, 0.2) is 0 Å². The Balaban J connectivity index is 2.15. The number of alkyl halides is 1. The van der Waals surface area contributed by atoms with Crippen molar-refractivity contribution in [2.75, 3.05) is 11.0 Å². The first-order valence-electron chi connectivity index (χ1n) is 2.41. The second-order valence-electron chi connectivity index (χ2n) is 1.48. The molecule has 42 valence electrons. The molecule has 0 aliphatic carbocycles. The molecule has 0 saturated heterocycles. The van der Waals surface area contributed by atoms with E-state index in [1.807, 2.05) is 0 Å². The minimum absolute atomic E-state index is 0.500. The van der Waals surface area contributed by atoms with Gasteiger partial charge in [0.25, 0.3) is 0 Å². The third-order valence-corrected chi connectivity index (χ3v) is 3.77. The Morgan fingerprint density at radius 2 is 2.57 bits per heavy atom. The number of hydrogen-bond donors (Lipinski definition) is 1. The molecule has 0 amide bonds. The molecule has 0 aromatic rings. The molecule has 2 N–H and O–H groups in total. The number of allylic oxidation sites excluding steroid dienone is 1. The zero-order chi connectivity index (χ0) is 5.11. The maximum atomic E-state index is 5.32. The van der Waals surface area contributed by atoms with Gasteiger partial charge in [0.2, 0.25) is 0 Å². The van der Waals surface area contributed by atoms with E-state index in [1.165, 1.54) is 10.8 Å². The summed E-state index contributed by atoms with van der Waals surface area (Å²) in [4.78, 5) is 0. The van der Waals surface area contributed by atoms with E-state index in [2.05, 4.69) is 6.08 Å². The summed E-state index contributed by atoms with van der Waals surface area (Å²) in [5, 5.41) is 0. The van der Waals surface area contributed by atoms with Crippen LogP contribution in [0, 0.1) is 0 Å². The molecule has 2 heteroatoms. The Morgan fingerprint density at radius 1 is 1.86 bits per heavy atom. The molecule has 1 heterocycles. The van der Waals surface area contributed by atoms with E-state index in [0.29, 0.717) is 21.2 Å². The fraction of sp³-hybridized carbons (Fsp3) is 0.600. The topological polar surface area (TPSA) is 26.0 Å². The van der Waals surface area contributed by atoms with Crippen LogP contribution in [0.15, 0.2) is 9.66 Å². The molecule has 1 nitrogen and oxygen atoms in total. The molecule has 1 rings (SSSR count). The molecule has 0 spiro atoms. The van der Waals surface area contributed by atoms with Crippen LogP contribution in [-0.2, 0) is 0 Å². The van der Waals surface area contributed by atoms with Gasteiger partial charge in [0, 0.05) is 0 Å². The van der Waals surface area contributed by atoms with Gasteiger partial charge in [0.05, 0.1) is 0 Å². The van der Waals surface area contributed by atoms with E-state index >= 15 is 0 Å². The number of nitrogens with two attached hydrogens (primary N) is 1. The SMILES string of the molecule is NCCC1=CC[I-]1. The van der Waals surface area contributed by atoms with Crippen molar-refractivity contribution in [2.45, 2.75) is 6.42 Å². The summed E-state index contributed by atoms with van der Waals surface area (Å²) in [6, 6.07) is 0. The number of hydrogen-bond acceptors (Lipinski definition) is 1. The average Bonchev–Trinajstić information content (AvgIpc) is 1.55. The first-order valence-corrected chi connectivity index (χ1v) is 5.02. The first kappa shape index (κ1) is 5.56. The van der Waals surface area contributed by atoms with Crippen molar-refractivity contribution in [2.24, 2.45) is 5.73 Å². The molecule has 7 heavy (non-hydrogen) atoms. The number of rotatable bonds is 2. The molecular weight excluding hydrogens is 201 g/mol. The van der Waals surface area contributed by atoms with Crippen LogP contribution in [0.1, 0.15) is 6.42 Å². The minimum atomic E-state index is 0.500. The van der Waals surface area contributed by atoms with Crippen molar-refractivity contribution >= 4 is 0 Å². The van der Waals surface area contributed by atoms with Gasteiger partial charge in [-0.25, -0.2) is 0 Å². The molecule has 1 aliphatic rings. The van der Waals surface area contributed by atoms with E-state index in [-0.39, 0.29) is 0 Å². The fourth-order valence-electron chi connectivity index (χ4n) is 0.493. The van der Waals surface area contributed by atoms with Crippen molar-refractivity contribution in [1.82, 2.24) is 0 Å².